The van der Waals surface area contributed by atoms with Gasteiger partial charge in [0, 0.05) is 31.6 Å². The van der Waals surface area contributed by atoms with Gasteiger partial charge in [-0.3, -0.25) is 14.4 Å². The Bertz CT molecular complexity index is 664. The molecule has 0 unspecified atom stereocenters. The fourth-order valence-electron chi connectivity index (χ4n) is 4.27. The van der Waals surface area contributed by atoms with Crippen molar-refractivity contribution in [3.05, 3.63) is 0 Å². The molecule has 10 heteroatoms. The van der Waals surface area contributed by atoms with Gasteiger partial charge in [0.2, 0.25) is 17.7 Å². The van der Waals surface area contributed by atoms with Crippen LogP contribution in [-0.4, -0.2) is 90.9 Å². The predicted octanol–water partition coefficient (Wildman–Crippen LogP) is -0.988. The summed E-state index contributed by atoms with van der Waals surface area (Å²) in [5.41, 5.74) is 0. The lowest BCUT2D eigenvalue weighted by molar-refractivity contribution is -0.147. The molecule has 3 saturated heterocycles. The van der Waals surface area contributed by atoms with Crippen molar-refractivity contribution in [1.29, 1.82) is 0 Å². The van der Waals surface area contributed by atoms with Crippen LogP contribution in [0.25, 0.3) is 0 Å². The number of carbonyl (C=O) groups is 4. The summed E-state index contributed by atoms with van der Waals surface area (Å²) in [6, 6.07) is -1.66. The molecular formula is C20H34N6O4. The molecule has 0 saturated carbocycles. The second kappa shape index (κ2) is 10.1. The van der Waals surface area contributed by atoms with Crippen LogP contribution in [-0.2, 0) is 14.4 Å². The van der Waals surface area contributed by atoms with Crippen LogP contribution < -0.4 is 21.3 Å². The van der Waals surface area contributed by atoms with Gasteiger partial charge in [0.15, 0.2) is 0 Å². The van der Waals surface area contributed by atoms with E-state index in [9.17, 15) is 19.2 Å². The highest BCUT2D eigenvalue weighted by molar-refractivity contribution is 5.93. The van der Waals surface area contributed by atoms with Crippen molar-refractivity contribution in [3.8, 4) is 0 Å². The molecule has 3 heterocycles. The molecule has 0 bridgehead atoms. The molecule has 0 radical (unpaired) electrons. The minimum atomic E-state index is -0.797. The Kier molecular flexibility index (Phi) is 7.52. The zero-order valence-electron chi connectivity index (χ0n) is 17.9. The van der Waals surface area contributed by atoms with Gasteiger partial charge in [0.25, 0.3) is 0 Å². The van der Waals surface area contributed by atoms with Gasteiger partial charge in [-0.1, -0.05) is 0 Å². The van der Waals surface area contributed by atoms with E-state index in [1.165, 1.54) is 0 Å². The number of nitrogens with zero attached hydrogens (tertiary/aromatic N) is 2. The maximum absolute atomic E-state index is 13.2. The van der Waals surface area contributed by atoms with E-state index >= 15 is 0 Å². The Balaban J connectivity index is 1.73. The predicted molar refractivity (Wildman–Crippen MR) is 111 cm³/mol. The molecule has 168 valence electrons. The standard InChI is InChI=1S/C20H34N6O4/c1-13(2)23-20(30)25-10-11-26(19(29)14-5-8-21-9-6-14)16(12-25)18(28)24-15-4-3-7-22-17(15)27/h13-16,21H,3-12H2,1-2H3,(H,22,27)(H,23,30)(H,24,28)/t15-,16+/m0/s1. The van der Waals surface area contributed by atoms with E-state index in [1.807, 2.05) is 13.8 Å². The van der Waals surface area contributed by atoms with Crippen LogP contribution in [0, 0.1) is 5.92 Å². The van der Waals surface area contributed by atoms with E-state index in [0.717, 1.165) is 32.4 Å². The van der Waals surface area contributed by atoms with Crippen molar-refractivity contribution in [2.75, 3.05) is 39.3 Å². The van der Waals surface area contributed by atoms with E-state index in [0.29, 0.717) is 26.1 Å². The van der Waals surface area contributed by atoms with Crippen molar-refractivity contribution < 1.29 is 19.2 Å². The molecule has 3 aliphatic heterocycles. The van der Waals surface area contributed by atoms with E-state index in [-0.39, 0.29) is 42.3 Å². The second-order valence-electron chi connectivity index (χ2n) is 8.62. The van der Waals surface area contributed by atoms with Gasteiger partial charge in [-0.05, 0) is 52.6 Å². The molecule has 0 aromatic carbocycles. The SMILES string of the molecule is CC(C)NC(=O)N1CCN(C(=O)C2CCNCC2)[C@@H](C(=O)N[C@H]2CCCNC2=O)C1. The highest BCUT2D eigenvalue weighted by atomic mass is 16.2. The Hall–Kier alpha value is -2.36. The third-order valence-electron chi connectivity index (χ3n) is 5.96. The van der Waals surface area contributed by atoms with Gasteiger partial charge >= 0.3 is 6.03 Å². The van der Waals surface area contributed by atoms with Crippen molar-refractivity contribution in [1.82, 2.24) is 31.1 Å². The quantitative estimate of drug-likeness (QED) is 0.463. The first-order valence-corrected chi connectivity index (χ1v) is 11.0. The summed E-state index contributed by atoms with van der Waals surface area (Å²) in [5.74, 6) is -0.721. The molecular weight excluding hydrogens is 388 g/mol. The number of hydrogen-bond acceptors (Lipinski definition) is 5. The van der Waals surface area contributed by atoms with E-state index in [4.69, 9.17) is 0 Å². The van der Waals surface area contributed by atoms with E-state index in [2.05, 4.69) is 21.3 Å². The lowest BCUT2D eigenvalue weighted by Crippen LogP contribution is -2.65. The maximum Gasteiger partial charge on any atom is 0.317 e. The fourth-order valence-corrected chi connectivity index (χ4v) is 4.27. The van der Waals surface area contributed by atoms with Crippen LogP contribution in [0.4, 0.5) is 4.79 Å². The molecule has 3 rings (SSSR count). The summed E-state index contributed by atoms with van der Waals surface area (Å²) in [5, 5.41) is 11.7. The molecule has 3 fully saturated rings. The zero-order valence-corrected chi connectivity index (χ0v) is 17.9. The Labute approximate surface area is 177 Å². The van der Waals surface area contributed by atoms with Crippen molar-refractivity contribution in [2.24, 2.45) is 5.92 Å². The largest absolute Gasteiger partial charge is 0.354 e. The highest BCUT2D eigenvalue weighted by Gasteiger charge is 2.40. The summed E-state index contributed by atoms with van der Waals surface area (Å²) < 4.78 is 0. The lowest BCUT2D eigenvalue weighted by atomic mass is 9.95. The van der Waals surface area contributed by atoms with Gasteiger partial charge in [-0.15, -0.1) is 0 Å². The minimum Gasteiger partial charge on any atom is -0.354 e. The van der Waals surface area contributed by atoms with Crippen LogP contribution >= 0.6 is 0 Å². The van der Waals surface area contributed by atoms with Gasteiger partial charge in [0.05, 0.1) is 6.54 Å². The normalized spacial score (nSPS) is 25.6. The van der Waals surface area contributed by atoms with E-state index < -0.39 is 12.1 Å². The van der Waals surface area contributed by atoms with Gasteiger partial charge in [-0.2, -0.15) is 0 Å². The molecule has 10 nitrogen and oxygen atoms in total. The number of hydrogen-bond donors (Lipinski definition) is 4. The average molecular weight is 423 g/mol. The second-order valence-corrected chi connectivity index (χ2v) is 8.62. The number of nitrogens with one attached hydrogen (secondary N) is 4. The van der Waals surface area contributed by atoms with Crippen LogP contribution in [0.5, 0.6) is 0 Å². The van der Waals surface area contributed by atoms with Crippen LogP contribution in [0.1, 0.15) is 39.5 Å². The van der Waals surface area contributed by atoms with Crippen LogP contribution in [0.2, 0.25) is 0 Å². The number of piperidine rings is 2. The molecule has 30 heavy (non-hydrogen) atoms. The van der Waals surface area contributed by atoms with Crippen molar-refractivity contribution in [3.63, 3.8) is 0 Å². The Morgan fingerprint density at radius 2 is 1.80 bits per heavy atom. The van der Waals surface area contributed by atoms with Gasteiger partial charge < -0.3 is 31.1 Å². The average Bonchev–Trinajstić information content (AvgIpc) is 2.74. The summed E-state index contributed by atoms with van der Waals surface area (Å²) in [4.78, 5) is 54.1. The number of piperazine rings is 1. The third-order valence-corrected chi connectivity index (χ3v) is 5.96. The first kappa shape index (κ1) is 22.3. The number of carbonyl (C=O) groups excluding carboxylic acids is 4. The molecule has 0 spiro atoms. The molecule has 0 aliphatic carbocycles. The van der Waals surface area contributed by atoms with Gasteiger partial charge in [-0.25, -0.2) is 4.79 Å². The smallest absolute Gasteiger partial charge is 0.317 e. The minimum absolute atomic E-state index is 0.0230. The summed E-state index contributed by atoms with van der Waals surface area (Å²) >= 11 is 0. The first-order valence-electron chi connectivity index (χ1n) is 11.0. The molecule has 5 amide bonds. The van der Waals surface area contributed by atoms with E-state index in [1.54, 1.807) is 9.80 Å². The topological polar surface area (TPSA) is 123 Å². The number of urea groups is 1. The summed E-state index contributed by atoms with van der Waals surface area (Å²) in [6.07, 6.45) is 2.85. The third kappa shape index (κ3) is 5.41. The summed E-state index contributed by atoms with van der Waals surface area (Å²) in [6.45, 7) is 6.74. The molecule has 0 aromatic heterocycles. The first-order chi connectivity index (χ1) is 14.4. The van der Waals surface area contributed by atoms with Crippen LogP contribution in [0.15, 0.2) is 0 Å². The number of amides is 5. The molecule has 0 aromatic rings. The molecule has 2 atom stereocenters. The maximum atomic E-state index is 13.2. The Morgan fingerprint density at radius 3 is 2.47 bits per heavy atom. The Morgan fingerprint density at radius 1 is 1.07 bits per heavy atom. The zero-order chi connectivity index (χ0) is 21.7. The highest BCUT2D eigenvalue weighted by Crippen LogP contribution is 2.20. The van der Waals surface area contributed by atoms with Crippen molar-refractivity contribution in [2.45, 2.75) is 57.7 Å². The monoisotopic (exact) mass is 422 g/mol. The van der Waals surface area contributed by atoms with Gasteiger partial charge in [0.1, 0.15) is 12.1 Å². The molecule has 4 N–H and O–H groups in total. The van der Waals surface area contributed by atoms with Crippen LogP contribution in [0.3, 0.4) is 0 Å². The summed E-state index contributed by atoms with van der Waals surface area (Å²) in [7, 11) is 0. The lowest BCUT2D eigenvalue weighted by Gasteiger charge is -2.42. The fraction of sp³-hybridized carbons (Fsp3) is 0.800. The number of rotatable bonds is 4. The van der Waals surface area contributed by atoms with Crippen molar-refractivity contribution >= 4 is 23.8 Å². The molecule has 3 aliphatic rings.